The number of nitrogens with zero attached hydrogens (tertiary/aromatic N) is 5. The molecule has 1 atom stereocenters. The largest absolute Gasteiger partial charge is 0.461 e. The van der Waals surface area contributed by atoms with Crippen molar-refractivity contribution >= 4 is 23.4 Å². The van der Waals surface area contributed by atoms with E-state index in [9.17, 15) is 9.59 Å². The van der Waals surface area contributed by atoms with Crippen molar-refractivity contribution in [3.63, 3.8) is 0 Å². The maximum atomic E-state index is 15.0. The lowest BCUT2D eigenvalue weighted by Crippen LogP contribution is -2.45. The number of carbonyl (C=O) groups excluding carboxylic acids is 2. The summed E-state index contributed by atoms with van der Waals surface area (Å²) < 4.78 is 38.3. The zero-order chi connectivity index (χ0) is 23.7. The van der Waals surface area contributed by atoms with Crippen LogP contribution in [0.5, 0.6) is 0 Å². The third kappa shape index (κ3) is 4.30. The quantitative estimate of drug-likeness (QED) is 0.579. The van der Waals surface area contributed by atoms with Crippen molar-refractivity contribution in [2.45, 2.75) is 38.2 Å². The molecule has 182 valence electrons. The van der Waals surface area contributed by atoms with Gasteiger partial charge >= 0.3 is 12.1 Å². The van der Waals surface area contributed by atoms with Gasteiger partial charge in [0.1, 0.15) is 11.9 Å². The van der Waals surface area contributed by atoms with E-state index in [1.807, 2.05) is 4.90 Å². The van der Waals surface area contributed by atoms with Crippen molar-refractivity contribution in [2.24, 2.45) is 0 Å². The molecule has 5 rings (SSSR count). The van der Waals surface area contributed by atoms with E-state index in [4.69, 9.17) is 18.9 Å². The van der Waals surface area contributed by atoms with E-state index in [0.29, 0.717) is 50.5 Å². The first-order valence-corrected chi connectivity index (χ1v) is 11.3. The second-order valence-corrected chi connectivity index (χ2v) is 8.37. The van der Waals surface area contributed by atoms with Crippen LogP contribution < -0.4 is 9.80 Å². The van der Waals surface area contributed by atoms with Gasteiger partial charge in [-0.2, -0.15) is 0 Å². The highest BCUT2D eigenvalue weighted by molar-refractivity contribution is 5.90. The lowest BCUT2D eigenvalue weighted by molar-refractivity contribution is -0.169. The Labute approximate surface area is 195 Å². The SMILES string of the molecule is CCOC(=O)c1cnnn1C[C@@H]1CN(c2ccc(N3CCC4(CC3)OCCO4)c(F)c2)C(=O)O1. The molecule has 34 heavy (non-hydrogen) atoms. The van der Waals surface area contributed by atoms with Crippen LogP contribution in [0.2, 0.25) is 0 Å². The highest BCUT2D eigenvalue weighted by atomic mass is 19.1. The molecule has 0 unspecified atom stereocenters. The number of esters is 1. The van der Waals surface area contributed by atoms with Crippen LogP contribution in [0.15, 0.2) is 24.4 Å². The maximum Gasteiger partial charge on any atom is 0.414 e. The molecule has 0 saturated carbocycles. The Kier molecular flexibility index (Phi) is 6.09. The van der Waals surface area contributed by atoms with Crippen molar-refractivity contribution in [2.75, 3.05) is 49.3 Å². The van der Waals surface area contributed by atoms with Crippen molar-refractivity contribution < 1.29 is 32.9 Å². The van der Waals surface area contributed by atoms with Crippen LogP contribution in [0.4, 0.5) is 20.6 Å². The van der Waals surface area contributed by atoms with E-state index >= 15 is 4.39 Å². The highest BCUT2D eigenvalue weighted by Gasteiger charge is 2.40. The summed E-state index contributed by atoms with van der Waals surface area (Å²) in [5, 5.41) is 7.62. The molecular weight excluding hydrogens is 449 g/mol. The Morgan fingerprint density at radius 2 is 2.03 bits per heavy atom. The van der Waals surface area contributed by atoms with E-state index < -0.39 is 29.8 Å². The van der Waals surface area contributed by atoms with Gasteiger partial charge in [0, 0.05) is 25.9 Å². The van der Waals surface area contributed by atoms with Crippen LogP contribution in [-0.2, 0) is 25.5 Å². The van der Waals surface area contributed by atoms with Crippen molar-refractivity contribution in [3.05, 3.63) is 35.9 Å². The minimum absolute atomic E-state index is 0.122. The number of carbonyl (C=O) groups is 2. The van der Waals surface area contributed by atoms with Crippen molar-refractivity contribution in [3.8, 4) is 0 Å². The molecule has 1 spiro atoms. The van der Waals surface area contributed by atoms with Gasteiger partial charge in [-0.05, 0) is 25.1 Å². The Morgan fingerprint density at radius 1 is 1.26 bits per heavy atom. The number of hydrogen-bond donors (Lipinski definition) is 0. The number of ether oxygens (including phenoxy) is 4. The van der Waals surface area contributed by atoms with Crippen molar-refractivity contribution in [1.29, 1.82) is 0 Å². The normalized spacial score (nSPS) is 21.8. The molecule has 0 aliphatic carbocycles. The molecule has 1 amide bonds. The van der Waals surface area contributed by atoms with Gasteiger partial charge in [0.15, 0.2) is 11.5 Å². The number of anilines is 2. The van der Waals surface area contributed by atoms with E-state index in [0.717, 1.165) is 0 Å². The first-order valence-electron chi connectivity index (χ1n) is 11.3. The van der Waals surface area contributed by atoms with Crippen LogP contribution in [0, 0.1) is 5.82 Å². The fraction of sp³-hybridized carbons (Fsp3) is 0.545. The number of halogens is 1. The monoisotopic (exact) mass is 475 g/mol. The van der Waals surface area contributed by atoms with Gasteiger partial charge in [0.2, 0.25) is 0 Å². The van der Waals surface area contributed by atoms with Gasteiger partial charge in [0.25, 0.3) is 0 Å². The van der Waals surface area contributed by atoms with Crippen LogP contribution in [0.1, 0.15) is 30.3 Å². The van der Waals surface area contributed by atoms with Gasteiger partial charge in [-0.25, -0.2) is 18.7 Å². The average molecular weight is 475 g/mol. The van der Waals surface area contributed by atoms with Crippen molar-refractivity contribution in [1.82, 2.24) is 15.0 Å². The lowest BCUT2D eigenvalue weighted by atomic mass is 10.0. The minimum Gasteiger partial charge on any atom is -0.461 e. The van der Waals surface area contributed by atoms with Gasteiger partial charge < -0.3 is 23.8 Å². The predicted molar refractivity (Wildman–Crippen MR) is 116 cm³/mol. The number of hydrogen-bond acceptors (Lipinski definition) is 9. The molecule has 11 nitrogen and oxygen atoms in total. The number of cyclic esters (lactones) is 1. The molecule has 0 N–H and O–H groups in total. The summed E-state index contributed by atoms with van der Waals surface area (Å²) in [6.45, 7) is 4.64. The number of amides is 1. The third-order valence-corrected chi connectivity index (χ3v) is 6.28. The number of benzene rings is 1. The molecule has 2 aromatic rings. The van der Waals surface area contributed by atoms with Crippen LogP contribution >= 0.6 is 0 Å². The molecule has 3 saturated heterocycles. The molecule has 1 aromatic heterocycles. The number of rotatable bonds is 6. The predicted octanol–water partition coefficient (Wildman–Crippen LogP) is 1.96. The van der Waals surface area contributed by atoms with Crippen LogP contribution in [0.3, 0.4) is 0 Å². The molecule has 0 bridgehead atoms. The minimum atomic E-state index is -0.592. The summed E-state index contributed by atoms with van der Waals surface area (Å²) in [5.41, 5.74) is 1.04. The second kappa shape index (κ2) is 9.18. The smallest absolute Gasteiger partial charge is 0.414 e. The maximum absolute atomic E-state index is 15.0. The Bertz CT molecular complexity index is 1060. The fourth-order valence-corrected chi connectivity index (χ4v) is 4.57. The van der Waals surface area contributed by atoms with Gasteiger partial charge in [0.05, 0.1) is 50.5 Å². The number of piperidine rings is 1. The van der Waals surface area contributed by atoms with E-state index in [1.165, 1.54) is 21.8 Å². The molecule has 3 aliphatic heterocycles. The molecular formula is C22H26FN5O6. The molecule has 4 heterocycles. The van der Waals surface area contributed by atoms with E-state index in [1.54, 1.807) is 19.1 Å². The summed E-state index contributed by atoms with van der Waals surface area (Å²) in [4.78, 5) is 27.8. The summed E-state index contributed by atoms with van der Waals surface area (Å²) >= 11 is 0. The molecule has 1 aromatic carbocycles. The summed E-state index contributed by atoms with van der Waals surface area (Å²) in [5.74, 6) is -1.50. The zero-order valence-corrected chi connectivity index (χ0v) is 18.8. The van der Waals surface area contributed by atoms with Gasteiger partial charge in [-0.3, -0.25) is 4.90 Å². The molecule has 12 heteroatoms. The Hall–Kier alpha value is -3.25. The highest BCUT2D eigenvalue weighted by Crippen LogP contribution is 2.35. The first-order chi connectivity index (χ1) is 16.5. The standard InChI is InChI=1S/C22H26FN5O6/c1-2-31-20(29)19-12-24-25-28(19)14-16-13-27(21(30)34-16)15-3-4-18(17(23)11-15)26-7-5-22(6-8-26)32-9-10-33-22/h3-4,11-12,16H,2,5-10,13-14H2,1H3/t16-/m0/s1. The summed E-state index contributed by atoms with van der Waals surface area (Å²) in [6.07, 6.45) is 1.46. The third-order valence-electron chi connectivity index (χ3n) is 6.28. The van der Waals surface area contributed by atoms with Gasteiger partial charge in [-0.15, -0.1) is 5.10 Å². The van der Waals surface area contributed by atoms with Crippen LogP contribution in [-0.4, -0.2) is 78.4 Å². The van der Waals surface area contributed by atoms with E-state index in [-0.39, 0.29) is 25.4 Å². The molecule has 3 aliphatic rings. The lowest BCUT2D eigenvalue weighted by Gasteiger charge is -2.38. The average Bonchev–Trinajstić information content (AvgIpc) is 3.56. The zero-order valence-electron chi connectivity index (χ0n) is 18.8. The van der Waals surface area contributed by atoms with E-state index in [2.05, 4.69) is 10.3 Å². The Morgan fingerprint density at radius 3 is 2.74 bits per heavy atom. The van der Waals surface area contributed by atoms with Gasteiger partial charge in [-0.1, -0.05) is 5.21 Å². The fourth-order valence-electron chi connectivity index (χ4n) is 4.57. The number of aromatic nitrogens is 3. The summed E-state index contributed by atoms with van der Waals surface area (Å²) in [7, 11) is 0. The molecule has 3 fully saturated rings. The molecule has 0 radical (unpaired) electrons. The summed E-state index contributed by atoms with van der Waals surface area (Å²) in [6, 6.07) is 4.72. The van der Waals surface area contributed by atoms with Crippen LogP contribution in [0.25, 0.3) is 0 Å². The first kappa shape index (κ1) is 22.5. The second-order valence-electron chi connectivity index (χ2n) is 8.37. The Balaban J connectivity index is 1.23. The topological polar surface area (TPSA) is 108 Å².